The molecular weight excluding hydrogens is 344 g/mol. The summed E-state index contributed by atoms with van der Waals surface area (Å²) < 4.78 is 4.99. The summed E-state index contributed by atoms with van der Waals surface area (Å²) in [5, 5.41) is 3.90. The van der Waals surface area contributed by atoms with E-state index in [9.17, 15) is 19.2 Å². The Hall–Kier alpha value is -2.22. The Morgan fingerprint density at radius 1 is 1.28 bits per heavy atom. The van der Waals surface area contributed by atoms with E-state index in [0.29, 0.717) is 11.4 Å². The number of imide groups is 1. The van der Waals surface area contributed by atoms with E-state index < -0.39 is 30.3 Å². The molecule has 1 aliphatic heterocycles. The zero-order chi connectivity index (χ0) is 17.8. The van der Waals surface area contributed by atoms with Gasteiger partial charge in [0.15, 0.2) is 6.61 Å². The first-order valence-electron chi connectivity index (χ1n) is 8.38. The van der Waals surface area contributed by atoms with Crippen molar-refractivity contribution in [3.63, 3.8) is 0 Å². The van der Waals surface area contributed by atoms with Crippen molar-refractivity contribution in [3.8, 4) is 0 Å². The van der Waals surface area contributed by atoms with Crippen molar-refractivity contribution in [1.29, 1.82) is 0 Å². The van der Waals surface area contributed by atoms with Crippen LogP contribution in [-0.4, -0.2) is 47.8 Å². The van der Waals surface area contributed by atoms with Gasteiger partial charge in [0.1, 0.15) is 0 Å². The molecule has 1 atom stereocenters. The van der Waals surface area contributed by atoms with E-state index in [0.717, 1.165) is 25.7 Å². The second-order valence-corrected chi connectivity index (χ2v) is 7.30. The van der Waals surface area contributed by atoms with Crippen LogP contribution in [0.4, 0.5) is 0 Å². The molecule has 1 N–H and O–H groups in total. The van der Waals surface area contributed by atoms with Crippen molar-refractivity contribution >= 4 is 35.0 Å². The minimum absolute atomic E-state index is 0.0221. The molecule has 0 radical (unpaired) electrons. The molecule has 0 spiro atoms. The molecule has 134 valence electrons. The van der Waals surface area contributed by atoms with E-state index in [1.54, 1.807) is 22.4 Å². The topological polar surface area (TPSA) is 92.8 Å². The lowest BCUT2D eigenvalue weighted by Crippen LogP contribution is -2.36. The first-order chi connectivity index (χ1) is 12.0. The summed E-state index contributed by atoms with van der Waals surface area (Å²) in [5.74, 6) is -2.31. The minimum atomic E-state index is -0.677. The van der Waals surface area contributed by atoms with E-state index in [1.807, 2.05) is 0 Å². The molecule has 1 saturated carbocycles. The monoisotopic (exact) mass is 364 g/mol. The minimum Gasteiger partial charge on any atom is -0.455 e. The van der Waals surface area contributed by atoms with Crippen LogP contribution in [0.2, 0.25) is 0 Å². The van der Waals surface area contributed by atoms with Crippen molar-refractivity contribution < 1.29 is 23.9 Å². The Morgan fingerprint density at radius 3 is 2.72 bits per heavy atom. The molecule has 1 aromatic heterocycles. The van der Waals surface area contributed by atoms with Gasteiger partial charge >= 0.3 is 5.97 Å². The number of rotatable bonds is 5. The first-order valence-corrected chi connectivity index (χ1v) is 9.26. The summed E-state index contributed by atoms with van der Waals surface area (Å²) in [5.41, 5.74) is 0. The molecule has 7 nitrogen and oxygen atoms in total. The maximum absolute atomic E-state index is 12.1. The summed E-state index contributed by atoms with van der Waals surface area (Å²) in [6, 6.07) is 3.54. The van der Waals surface area contributed by atoms with Crippen molar-refractivity contribution in [2.24, 2.45) is 5.92 Å². The van der Waals surface area contributed by atoms with Gasteiger partial charge in [0.05, 0.1) is 10.8 Å². The Morgan fingerprint density at radius 2 is 2.04 bits per heavy atom. The molecule has 3 amide bonds. The number of nitrogens with one attached hydrogen (secondary N) is 1. The number of carbonyl (C=O) groups is 4. The molecule has 3 rings (SSSR count). The fraction of sp³-hybridized carbons (Fsp3) is 0.529. The van der Waals surface area contributed by atoms with E-state index in [1.165, 1.54) is 11.3 Å². The van der Waals surface area contributed by atoms with E-state index in [2.05, 4.69) is 5.32 Å². The van der Waals surface area contributed by atoms with E-state index in [-0.39, 0.29) is 18.4 Å². The molecule has 8 heteroatoms. The molecule has 0 aromatic carbocycles. The molecule has 1 aliphatic carbocycles. The number of nitrogens with zero attached hydrogens (tertiary/aromatic N) is 1. The van der Waals surface area contributed by atoms with Gasteiger partial charge in [-0.25, -0.2) is 0 Å². The Bertz CT molecular complexity index is 667. The number of esters is 1. The van der Waals surface area contributed by atoms with Crippen LogP contribution >= 0.6 is 11.3 Å². The van der Waals surface area contributed by atoms with Gasteiger partial charge in [-0.2, -0.15) is 0 Å². The van der Waals surface area contributed by atoms with Gasteiger partial charge < -0.3 is 9.64 Å². The van der Waals surface area contributed by atoms with Crippen molar-refractivity contribution in [3.05, 3.63) is 22.4 Å². The number of carbonyl (C=O) groups excluding carboxylic acids is 4. The van der Waals surface area contributed by atoms with Crippen LogP contribution in [0.25, 0.3) is 0 Å². The largest absolute Gasteiger partial charge is 0.455 e. The lowest BCUT2D eigenvalue weighted by Gasteiger charge is -2.23. The maximum atomic E-state index is 12.1. The third-order valence-corrected chi connectivity index (χ3v) is 5.47. The van der Waals surface area contributed by atoms with Gasteiger partial charge in [-0.1, -0.05) is 18.9 Å². The van der Waals surface area contributed by atoms with Crippen LogP contribution in [0.1, 0.15) is 41.8 Å². The molecule has 2 aliphatic rings. The smallest absolute Gasteiger partial charge is 0.311 e. The molecule has 2 fully saturated rings. The number of hydrogen-bond donors (Lipinski definition) is 1. The van der Waals surface area contributed by atoms with Crippen molar-refractivity contribution in [2.45, 2.75) is 38.1 Å². The summed E-state index contributed by atoms with van der Waals surface area (Å²) in [7, 11) is 0. The highest BCUT2D eigenvalue weighted by molar-refractivity contribution is 7.12. The summed E-state index contributed by atoms with van der Waals surface area (Å²) in [6.45, 7) is -0.165. The molecular formula is C17H20N2O5S. The molecule has 0 unspecified atom stereocenters. The summed E-state index contributed by atoms with van der Waals surface area (Å²) in [4.78, 5) is 49.8. The predicted octanol–water partition coefficient (Wildman–Crippen LogP) is 1.34. The highest BCUT2D eigenvalue weighted by atomic mass is 32.1. The molecule has 1 aromatic rings. The normalized spacial score (nSPS) is 20.7. The number of thiophene rings is 1. The van der Waals surface area contributed by atoms with Gasteiger partial charge in [-0.3, -0.25) is 24.5 Å². The van der Waals surface area contributed by atoms with E-state index in [4.69, 9.17) is 4.74 Å². The lowest BCUT2D eigenvalue weighted by molar-refractivity contribution is -0.152. The molecule has 25 heavy (non-hydrogen) atoms. The van der Waals surface area contributed by atoms with Crippen molar-refractivity contribution in [2.75, 3.05) is 13.2 Å². The van der Waals surface area contributed by atoms with Gasteiger partial charge in [-0.15, -0.1) is 11.3 Å². The van der Waals surface area contributed by atoms with Gasteiger partial charge in [0.2, 0.25) is 5.91 Å². The number of hydrogen-bond acceptors (Lipinski definition) is 6. The zero-order valence-corrected chi connectivity index (χ0v) is 14.5. The van der Waals surface area contributed by atoms with E-state index >= 15 is 0 Å². The molecule has 1 saturated heterocycles. The summed E-state index contributed by atoms with van der Waals surface area (Å²) in [6.07, 6.45) is 4.33. The van der Waals surface area contributed by atoms with Gasteiger partial charge in [-0.05, 0) is 24.3 Å². The highest BCUT2D eigenvalue weighted by Gasteiger charge is 2.39. The summed E-state index contributed by atoms with van der Waals surface area (Å²) >= 11 is 1.22. The Balaban J connectivity index is 1.44. The highest BCUT2D eigenvalue weighted by Crippen LogP contribution is 2.29. The van der Waals surface area contributed by atoms with Crippen LogP contribution < -0.4 is 5.32 Å². The quantitative estimate of drug-likeness (QED) is 0.796. The fourth-order valence-corrected chi connectivity index (χ4v) is 3.96. The van der Waals surface area contributed by atoms with Crippen LogP contribution in [0, 0.1) is 5.92 Å². The predicted molar refractivity (Wildman–Crippen MR) is 89.8 cm³/mol. The van der Waals surface area contributed by atoms with Crippen LogP contribution in [0.3, 0.4) is 0 Å². The van der Waals surface area contributed by atoms with Crippen LogP contribution in [-0.2, 0) is 19.1 Å². The number of ether oxygens (including phenoxy) is 1. The second kappa shape index (κ2) is 7.77. The maximum Gasteiger partial charge on any atom is 0.311 e. The SMILES string of the molecule is O=C(COC(=O)[C@@H]1CC(=O)N(C2CCCC2)C1)NC(=O)c1cccs1. The fourth-order valence-electron chi connectivity index (χ4n) is 3.34. The molecule has 2 heterocycles. The molecule has 0 bridgehead atoms. The Labute approximate surface area is 149 Å². The lowest BCUT2D eigenvalue weighted by atomic mass is 10.1. The van der Waals surface area contributed by atoms with Crippen LogP contribution in [0.5, 0.6) is 0 Å². The third kappa shape index (κ3) is 4.25. The van der Waals surface area contributed by atoms with Crippen molar-refractivity contribution in [1.82, 2.24) is 10.2 Å². The average Bonchev–Trinajstić information content (AvgIpc) is 3.32. The average molecular weight is 364 g/mol. The standard InChI is InChI=1S/C17H20N2O5S/c20-14(18-16(22)13-6-3-7-25-13)10-24-17(23)11-8-15(21)19(9-11)12-4-1-2-5-12/h3,6-7,11-12H,1-2,4-5,8-10H2,(H,18,20,22)/t11-/m1/s1. The van der Waals surface area contributed by atoms with Crippen LogP contribution in [0.15, 0.2) is 17.5 Å². The zero-order valence-electron chi connectivity index (χ0n) is 13.7. The van der Waals surface area contributed by atoms with Gasteiger partial charge in [0.25, 0.3) is 11.8 Å². The Kier molecular flexibility index (Phi) is 5.47. The number of amides is 3. The van der Waals surface area contributed by atoms with Gasteiger partial charge in [0, 0.05) is 19.0 Å². The third-order valence-electron chi connectivity index (χ3n) is 4.60. The first kappa shape index (κ1) is 17.6. The number of likely N-dealkylation sites (tertiary alicyclic amines) is 1. The second-order valence-electron chi connectivity index (χ2n) is 6.35.